The van der Waals surface area contributed by atoms with E-state index in [1.807, 2.05) is 0 Å². The first-order valence-corrected chi connectivity index (χ1v) is 9.45. The van der Waals surface area contributed by atoms with E-state index >= 15 is 0 Å². The average molecular weight is 308 g/mol. The van der Waals surface area contributed by atoms with E-state index in [4.69, 9.17) is 0 Å². The molecule has 22 heavy (non-hydrogen) atoms. The molecule has 0 bridgehead atoms. The zero-order valence-corrected chi connectivity index (χ0v) is 14.4. The van der Waals surface area contributed by atoms with Crippen molar-refractivity contribution >= 4 is 0 Å². The third-order valence-corrected chi connectivity index (χ3v) is 4.30. The highest BCUT2D eigenvalue weighted by atomic mass is 15.5. The van der Waals surface area contributed by atoms with Crippen LogP contribution in [-0.2, 0) is 6.42 Å². The van der Waals surface area contributed by atoms with Gasteiger partial charge in [-0.15, -0.1) is 5.10 Å². The van der Waals surface area contributed by atoms with Crippen molar-refractivity contribution in [2.24, 2.45) is 0 Å². The summed E-state index contributed by atoms with van der Waals surface area (Å²) in [4.78, 5) is 0. The van der Waals surface area contributed by atoms with Crippen molar-refractivity contribution in [2.45, 2.75) is 103 Å². The van der Waals surface area contributed by atoms with Crippen LogP contribution in [0.4, 0.5) is 0 Å². The van der Waals surface area contributed by atoms with Gasteiger partial charge in [0.2, 0.25) is 0 Å². The normalized spacial score (nSPS) is 11.1. The summed E-state index contributed by atoms with van der Waals surface area (Å²) in [5.41, 5.74) is 0. The molecule has 0 spiro atoms. The zero-order chi connectivity index (χ0) is 15.7. The van der Waals surface area contributed by atoms with E-state index in [-0.39, 0.29) is 0 Å². The number of H-pyrrole nitrogens is 1. The standard InChI is InChI=1S/C18H35N4/c1-2-3-4-5-6-7-8-9-10-11-12-13-14-15-16-17-18-19-21-22-20-18/h1-17H2,(H,19,20,21,22). The van der Waals surface area contributed by atoms with Crippen molar-refractivity contribution in [1.29, 1.82) is 0 Å². The third-order valence-electron chi connectivity index (χ3n) is 4.30. The number of nitrogens with zero attached hydrogens (tertiary/aromatic N) is 3. The number of hydrogen-bond acceptors (Lipinski definition) is 3. The number of unbranched alkanes of at least 4 members (excludes halogenated alkanes) is 14. The minimum atomic E-state index is 0.923. The molecule has 0 aromatic carbocycles. The van der Waals surface area contributed by atoms with Gasteiger partial charge in [0.1, 0.15) is 5.82 Å². The van der Waals surface area contributed by atoms with Crippen molar-refractivity contribution in [1.82, 2.24) is 20.6 Å². The van der Waals surface area contributed by atoms with Gasteiger partial charge in [0.15, 0.2) is 0 Å². The summed E-state index contributed by atoms with van der Waals surface area (Å²) >= 11 is 0. The lowest BCUT2D eigenvalue weighted by atomic mass is 10.0. The van der Waals surface area contributed by atoms with Crippen LogP contribution in [0.5, 0.6) is 0 Å². The number of rotatable bonds is 16. The molecule has 0 fully saturated rings. The van der Waals surface area contributed by atoms with Gasteiger partial charge in [-0.2, -0.15) is 0 Å². The fourth-order valence-electron chi connectivity index (χ4n) is 2.88. The first kappa shape index (κ1) is 19.1. The molecule has 1 heterocycles. The number of tetrazole rings is 1. The lowest BCUT2D eigenvalue weighted by Crippen LogP contribution is -1.89. The van der Waals surface area contributed by atoms with Crippen LogP contribution in [0.2, 0.25) is 0 Å². The lowest BCUT2D eigenvalue weighted by Gasteiger charge is -2.03. The summed E-state index contributed by atoms with van der Waals surface area (Å²) in [7, 11) is 0. The van der Waals surface area contributed by atoms with Gasteiger partial charge in [0.25, 0.3) is 0 Å². The molecule has 1 radical (unpaired) electrons. The summed E-state index contributed by atoms with van der Waals surface area (Å²) in [6.07, 6.45) is 21.5. The fraction of sp³-hybridized carbons (Fsp3) is 0.889. The Kier molecular flexibility index (Phi) is 13.0. The second kappa shape index (κ2) is 15.0. The van der Waals surface area contributed by atoms with E-state index in [1.165, 1.54) is 89.9 Å². The molecule has 0 aliphatic carbocycles. The molecule has 0 saturated heterocycles. The Balaban J connectivity index is 1.68. The summed E-state index contributed by atoms with van der Waals surface area (Å²) in [5, 5.41) is 13.9. The molecule has 127 valence electrons. The van der Waals surface area contributed by atoms with E-state index in [9.17, 15) is 0 Å². The predicted octanol–water partition coefficient (Wildman–Crippen LogP) is 5.43. The zero-order valence-electron chi connectivity index (χ0n) is 14.4. The molecule has 0 unspecified atom stereocenters. The maximum Gasteiger partial charge on any atom is 0.148 e. The number of aromatic amines is 1. The van der Waals surface area contributed by atoms with E-state index in [2.05, 4.69) is 27.5 Å². The molecule has 0 saturated carbocycles. The van der Waals surface area contributed by atoms with Crippen molar-refractivity contribution in [3.05, 3.63) is 12.7 Å². The topological polar surface area (TPSA) is 54.5 Å². The molecule has 0 amide bonds. The van der Waals surface area contributed by atoms with Crippen LogP contribution in [0, 0.1) is 6.92 Å². The maximum atomic E-state index is 3.90. The van der Waals surface area contributed by atoms with E-state index in [0.29, 0.717) is 0 Å². The summed E-state index contributed by atoms with van der Waals surface area (Å²) in [6, 6.07) is 0. The molecular weight excluding hydrogens is 272 g/mol. The van der Waals surface area contributed by atoms with Gasteiger partial charge in [-0.1, -0.05) is 96.8 Å². The van der Waals surface area contributed by atoms with E-state index < -0.39 is 0 Å². The van der Waals surface area contributed by atoms with Crippen LogP contribution >= 0.6 is 0 Å². The van der Waals surface area contributed by atoms with Crippen LogP contribution in [0.25, 0.3) is 0 Å². The highest BCUT2D eigenvalue weighted by Gasteiger charge is 1.97. The Hall–Kier alpha value is -0.930. The first-order valence-electron chi connectivity index (χ1n) is 9.45. The second-order valence-corrected chi connectivity index (χ2v) is 6.40. The molecule has 4 nitrogen and oxygen atoms in total. The number of aromatic nitrogens is 4. The van der Waals surface area contributed by atoms with Crippen LogP contribution < -0.4 is 0 Å². The second-order valence-electron chi connectivity index (χ2n) is 6.40. The van der Waals surface area contributed by atoms with Crippen LogP contribution in [-0.4, -0.2) is 20.6 Å². The maximum absolute atomic E-state index is 3.90. The van der Waals surface area contributed by atoms with Gasteiger partial charge in [0.05, 0.1) is 0 Å². The Morgan fingerprint density at radius 3 is 1.50 bits per heavy atom. The predicted molar refractivity (Wildman–Crippen MR) is 92.5 cm³/mol. The fourth-order valence-corrected chi connectivity index (χ4v) is 2.88. The smallest absolute Gasteiger partial charge is 0.148 e. The third kappa shape index (κ3) is 11.7. The Morgan fingerprint density at radius 2 is 1.09 bits per heavy atom. The SMILES string of the molecule is [CH2]CCCCCCCCCCCCCCCCc1nnn[nH]1. The largest absolute Gasteiger partial charge is 0.243 e. The minimum absolute atomic E-state index is 0.923. The molecule has 0 aliphatic rings. The van der Waals surface area contributed by atoms with E-state index in [1.54, 1.807) is 0 Å². The lowest BCUT2D eigenvalue weighted by molar-refractivity contribution is 0.533. The van der Waals surface area contributed by atoms with Crippen molar-refractivity contribution < 1.29 is 0 Å². The first-order chi connectivity index (χ1) is 10.9. The van der Waals surface area contributed by atoms with Gasteiger partial charge in [-0.25, -0.2) is 5.10 Å². The van der Waals surface area contributed by atoms with Gasteiger partial charge >= 0.3 is 0 Å². The number of hydrogen-bond donors (Lipinski definition) is 1. The summed E-state index contributed by atoms with van der Waals surface area (Å²) in [5.74, 6) is 0.923. The van der Waals surface area contributed by atoms with Crippen molar-refractivity contribution in [2.75, 3.05) is 0 Å². The molecule has 1 aromatic rings. The van der Waals surface area contributed by atoms with Gasteiger partial charge in [0, 0.05) is 6.42 Å². The average Bonchev–Trinajstić information content (AvgIpc) is 3.04. The van der Waals surface area contributed by atoms with Crippen molar-refractivity contribution in [3.63, 3.8) is 0 Å². The minimum Gasteiger partial charge on any atom is -0.243 e. The highest BCUT2D eigenvalue weighted by Crippen LogP contribution is 2.13. The Labute approximate surface area is 136 Å². The summed E-state index contributed by atoms with van der Waals surface area (Å²) < 4.78 is 0. The molecule has 1 rings (SSSR count). The quantitative estimate of drug-likeness (QED) is 0.414. The van der Waals surface area contributed by atoms with Crippen molar-refractivity contribution in [3.8, 4) is 0 Å². The van der Waals surface area contributed by atoms with Crippen LogP contribution in [0.15, 0.2) is 0 Å². The van der Waals surface area contributed by atoms with Gasteiger partial charge in [-0.3, -0.25) is 0 Å². The molecule has 4 heteroatoms. The molecule has 1 aromatic heterocycles. The van der Waals surface area contributed by atoms with Gasteiger partial charge < -0.3 is 0 Å². The van der Waals surface area contributed by atoms with Crippen LogP contribution in [0.1, 0.15) is 102 Å². The molecule has 1 N–H and O–H groups in total. The monoisotopic (exact) mass is 307 g/mol. The Morgan fingerprint density at radius 1 is 0.636 bits per heavy atom. The molecule has 0 atom stereocenters. The Bertz CT molecular complexity index is 311. The molecular formula is C18H35N4. The summed E-state index contributed by atoms with van der Waals surface area (Å²) in [6.45, 7) is 3.89. The van der Waals surface area contributed by atoms with Crippen LogP contribution in [0.3, 0.4) is 0 Å². The van der Waals surface area contributed by atoms with E-state index in [0.717, 1.165) is 18.7 Å². The van der Waals surface area contributed by atoms with Gasteiger partial charge in [-0.05, 0) is 16.8 Å². The number of aryl methyl sites for hydroxylation is 1. The number of nitrogens with one attached hydrogen (secondary N) is 1. The highest BCUT2D eigenvalue weighted by molar-refractivity contribution is 4.74. The molecule has 0 aliphatic heterocycles.